The third-order valence-electron chi connectivity index (χ3n) is 6.07. The van der Waals surface area contributed by atoms with E-state index in [1.807, 2.05) is 9.58 Å². The van der Waals surface area contributed by atoms with Gasteiger partial charge in [-0.25, -0.2) is 18.9 Å². The molecule has 1 saturated heterocycles. The molecule has 1 aromatic carbocycles. The van der Waals surface area contributed by atoms with Gasteiger partial charge >= 0.3 is 6.09 Å². The summed E-state index contributed by atoms with van der Waals surface area (Å²) in [6, 6.07) is 8.20. The number of rotatable bonds is 4. The molecule has 1 fully saturated rings. The molecular weight excluding hydrogens is 463 g/mol. The first-order chi connectivity index (χ1) is 16.5. The Balaban J connectivity index is 1.30. The minimum atomic E-state index is -0.546. The number of aromatic nitrogens is 3. The lowest BCUT2D eigenvalue weighted by Gasteiger charge is -2.23. The summed E-state index contributed by atoms with van der Waals surface area (Å²) in [7, 11) is 1.45. The molecule has 0 saturated carbocycles. The van der Waals surface area contributed by atoms with Crippen LogP contribution in [0.3, 0.4) is 0 Å². The highest BCUT2D eigenvalue weighted by atomic mass is 32.1. The lowest BCUT2D eigenvalue weighted by atomic mass is 10.2. The van der Waals surface area contributed by atoms with Gasteiger partial charge in [-0.2, -0.15) is 0 Å². The minimum Gasteiger partial charge on any atom is -0.474 e. The van der Waals surface area contributed by atoms with Gasteiger partial charge in [0, 0.05) is 19.3 Å². The number of anilines is 2. The second-order valence-electron chi connectivity index (χ2n) is 8.04. The third-order valence-corrected chi connectivity index (χ3v) is 6.38. The predicted octanol–water partition coefficient (Wildman–Crippen LogP) is 1.70. The Morgan fingerprint density at radius 1 is 1.24 bits per heavy atom. The van der Waals surface area contributed by atoms with E-state index in [0.717, 1.165) is 0 Å². The van der Waals surface area contributed by atoms with Crippen molar-refractivity contribution in [1.29, 1.82) is 0 Å². The summed E-state index contributed by atoms with van der Waals surface area (Å²) in [6.45, 7) is 2.44. The van der Waals surface area contributed by atoms with E-state index in [4.69, 9.17) is 21.7 Å². The van der Waals surface area contributed by atoms with Crippen molar-refractivity contribution in [2.45, 2.75) is 19.2 Å². The van der Waals surface area contributed by atoms with Crippen LogP contribution in [0, 0.1) is 5.82 Å². The van der Waals surface area contributed by atoms with Gasteiger partial charge in [0.25, 0.3) is 10.7 Å². The number of benzene rings is 1. The summed E-state index contributed by atoms with van der Waals surface area (Å²) in [5.41, 5.74) is 1.36. The van der Waals surface area contributed by atoms with Gasteiger partial charge in [0.15, 0.2) is 5.65 Å². The van der Waals surface area contributed by atoms with Gasteiger partial charge in [0.2, 0.25) is 0 Å². The molecule has 34 heavy (non-hydrogen) atoms. The molecule has 0 radical (unpaired) electrons. The highest BCUT2D eigenvalue weighted by molar-refractivity contribution is 7.80. The maximum absolute atomic E-state index is 15.2. The molecule has 0 spiro atoms. The van der Waals surface area contributed by atoms with E-state index in [2.05, 4.69) is 10.3 Å². The lowest BCUT2D eigenvalue weighted by Crippen LogP contribution is -2.34. The Hall–Kier alpha value is -3.67. The van der Waals surface area contributed by atoms with Crippen LogP contribution >= 0.6 is 12.2 Å². The van der Waals surface area contributed by atoms with E-state index in [9.17, 15) is 9.59 Å². The van der Waals surface area contributed by atoms with Crippen LogP contribution in [0.15, 0.2) is 41.3 Å². The number of pyridine rings is 1. The summed E-state index contributed by atoms with van der Waals surface area (Å²) < 4.78 is 28.9. The average Bonchev–Trinajstić information content (AvgIpc) is 3.24. The molecule has 0 unspecified atom stereocenters. The number of nitrogens with one attached hydrogen (secondary N) is 1. The predicted molar refractivity (Wildman–Crippen MR) is 128 cm³/mol. The second-order valence-corrected chi connectivity index (χ2v) is 8.41. The fraction of sp³-hybridized carbons (Fsp3) is 0.364. The summed E-state index contributed by atoms with van der Waals surface area (Å²) in [4.78, 5) is 32.7. The lowest BCUT2D eigenvalue weighted by molar-refractivity contribution is 0.142. The van der Waals surface area contributed by atoms with Crippen molar-refractivity contribution in [3.63, 3.8) is 0 Å². The van der Waals surface area contributed by atoms with E-state index in [0.29, 0.717) is 55.1 Å². The smallest absolute Gasteiger partial charge is 0.414 e. The topological polar surface area (TPSA) is 93.9 Å². The number of fused-ring (bicyclic) bond motifs is 3. The van der Waals surface area contributed by atoms with E-state index in [-0.39, 0.29) is 17.3 Å². The second kappa shape index (κ2) is 8.93. The molecule has 1 amide bonds. The molecule has 2 aliphatic rings. The normalized spacial score (nSPS) is 17.9. The number of carbonyl (C=O) groups excluding carboxylic acids is 1. The Morgan fingerprint density at radius 3 is 2.79 bits per heavy atom. The zero-order valence-corrected chi connectivity index (χ0v) is 19.3. The Morgan fingerprint density at radius 2 is 2.03 bits per heavy atom. The first kappa shape index (κ1) is 22.1. The summed E-state index contributed by atoms with van der Waals surface area (Å²) in [5, 5.41) is 3.64. The van der Waals surface area contributed by atoms with Gasteiger partial charge in [0.05, 0.1) is 50.0 Å². The zero-order chi connectivity index (χ0) is 23.8. The molecule has 0 bridgehead atoms. The van der Waals surface area contributed by atoms with Crippen molar-refractivity contribution in [2.24, 2.45) is 0 Å². The number of methoxy groups -OCH3 is 1. The van der Waals surface area contributed by atoms with Crippen LogP contribution in [0.25, 0.3) is 11.0 Å². The number of carbonyl (C=O) groups is 1. The van der Waals surface area contributed by atoms with Crippen molar-refractivity contribution in [3.05, 3.63) is 52.7 Å². The SMILES string of the molecule is COC(=S)NC[C@H]1CN(c2ccc(N3CCn4c(=O)c5cccnc5n4CC3)c(F)c2)C(=O)O1. The molecule has 10 nitrogen and oxygen atoms in total. The Kier molecular flexibility index (Phi) is 5.82. The van der Waals surface area contributed by atoms with Crippen molar-refractivity contribution in [2.75, 3.05) is 43.1 Å². The van der Waals surface area contributed by atoms with Crippen LogP contribution in [0.1, 0.15) is 0 Å². The quantitative estimate of drug-likeness (QED) is 0.557. The molecule has 178 valence electrons. The first-order valence-corrected chi connectivity index (χ1v) is 11.3. The van der Waals surface area contributed by atoms with Crippen LogP contribution in [-0.4, -0.2) is 65.0 Å². The van der Waals surface area contributed by atoms with E-state index < -0.39 is 18.0 Å². The van der Waals surface area contributed by atoms with Crippen molar-refractivity contribution >= 4 is 45.9 Å². The standard InChI is InChI=1S/C22H23FN6O4S/c1-32-21(34)25-12-15-13-27(22(31)33-15)14-4-5-18(17(23)11-14)26-7-9-28-19-16(3-2-6-24-19)20(30)29(28)10-8-26/h2-6,11,15H,7-10,12-13H2,1H3,(H,25,34)/t15-/m0/s1. The highest BCUT2D eigenvalue weighted by Crippen LogP contribution is 2.28. The Labute approximate surface area is 199 Å². The molecule has 1 atom stereocenters. The molecule has 1 N–H and O–H groups in total. The van der Waals surface area contributed by atoms with Gasteiger partial charge in [-0.05, 0) is 42.5 Å². The summed E-state index contributed by atoms with van der Waals surface area (Å²) in [5.74, 6) is -0.450. The van der Waals surface area contributed by atoms with Crippen molar-refractivity contribution in [3.8, 4) is 0 Å². The number of hydrogen-bond acceptors (Lipinski definition) is 7. The van der Waals surface area contributed by atoms with Crippen molar-refractivity contribution in [1.82, 2.24) is 19.7 Å². The van der Waals surface area contributed by atoms with Gasteiger partial charge in [-0.3, -0.25) is 14.4 Å². The number of ether oxygens (including phenoxy) is 2. The first-order valence-electron chi connectivity index (χ1n) is 10.8. The van der Waals surface area contributed by atoms with Gasteiger partial charge in [-0.1, -0.05) is 0 Å². The number of hydrogen-bond donors (Lipinski definition) is 1. The van der Waals surface area contributed by atoms with Crippen LogP contribution in [0.5, 0.6) is 0 Å². The number of amides is 1. The van der Waals surface area contributed by atoms with Gasteiger partial charge in [-0.15, -0.1) is 0 Å². The maximum Gasteiger partial charge on any atom is 0.414 e. The molecule has 3 aromatic rings. The zero-order valence-electron chi connectivity index (χ0n) is 18.4. The molecule has 2 aliphatic heterocycles. The van der Waals surface area contributed by atoms with Crippen LogP contribution in [-0.2, 0) is 22.6 Å². The summed E-state index contributed by atoms with van der Waals surface area (Å²) in [6.07, 6.45) is 0.674. The largest absolute Gasteiger partial charge is 0.474 e. The molecule has 4 heterocycles. The molecular formula is C22H23FN6O4S. The van der Waals surface area contributed by atoms with E-state index in [1.54, 1.807) is 35.1 Å². The third kappa shape index (κ3) is 3.94. The van der Waals surface area contributed by atoms with Gasteiger partial charge in [0.1, 0.15) is 11.9 Å². The van der Waals surface area contributed by atoms with Crippen LogP contribution < -0.4 is 20.7 Å². The number of halogens is 1. The van der Waals surface area contributed by atoms with Crippen molar-refractivity contribution < 1.29 is 18.7 Å². The molecule has 12 heteroatoms. The minimum absolute atomic E-state index is 0.0939. The molecule has 2 aromatic heterocycles. The van der Waals surface area contributed by atoms with Gasteiger partial charge < -0.3 is 19.7 Å². The number of nitrogens with zero attached hydrogens (tertiary/aromatic N) is 5. The van der Waals surface area contributed by atoms with Crippen LogP contribution in [0.4, 0.5) is 20.6 Å². The summed E-state index contributed by atoms with van der Waals surface area (Å²) >= 11 is 4.93. The molecule has 0 aliphatic carbocycles. The monoisotopic (exact) mass is 486 g/mol. The van der Waals surface area contributed by atoms with E-state index >= 15 is 4.39 Å². The highest BCUT2D eigenvalue weighted by Gasteiger charge is 2.33. The van der Waals surface area contributed by atoms with Crippen LogP contribution in [0.2, 0.25) is 0 Å². The fourth-order valence-electron chi connectivity index (χ4n) is 4.39. The van der Waals surface area contributed by atoms with E-state index in [1.165, 1.54) is 18.1 Å². The maximum atomic E-state index is 15.2. The molecule has 5 rings (SSSR count). The number of thiocarbonyl (C=S) groups is 1. The average molecular weight is 487 g/mol. The Bertz CT molecular complexity index is 1320. The fourth-order valence-corrected chi connectivity index (χ4v) is 4.48. The number of cyclic esters (lactones) is 1.